The summed E-state index contributed by atoms with van der Waals surface area (Å²) >= 11 is 0. The van der Waals surface area contributed by atoms with Crippen LogP contribution in [-0.4, -0.2) is 55.8 Å². The molecule has 1 N–H and O–H groups in total. The molecule has 2 amide bonds. The van der Waals surface area contributed by atoms with Crippen molar-refractivity contribution in [2.45, 2.75) is 60.5 Å². The molecular formula is C30H42FN3O4. The second kappa shape index (κ2) is 13.8. The summed E-state index contributed by atoms with van der Waals surface area (Å²) < 4.78 is 25.9. The quantitative estimate of drug-likeness (QED) is 0.439. The van der Waals surface area contributed by atoms with Gasteiger partial charge < -0.3 is 24.6 Å². The zero-order chi connectivity index (χ0) is 28.5. The molecule has 0 radical (unpaired) electrons. The average molecular weight is 528 g/mol. The van der Waals surface area contributed by atoms with E-state index in [4.69, 9.17) is 9.47 Å². The molecule has 0 atom stereocenters. The van der Waals surface area contributed by atoms with E-state index in [1.807, 2.05) is 64.7 Å². The van der Waals surface area contributed by atoms with E-state index < -0.39 is 17.3 Å². The first kappa shape index (κ1) is 30.7. The van der Waals surface area contributed by atoms with Gasteiger partial charge in [-0.3, -0.25) is 4.79 Å². The Hall–Kier alpha value is -3.55. The van der Waals surface area contributed by atoms with Crippen LogP contribution in [-0.2, 0) is 4.74 Å². The third-order valence-electron chi connectivity index (χ3n) is 6.02. The van der Waals surface area contributed by atoms with Crippen LogP contribution in [0.4, 0.5) is 20.6 Å². The van der Waals surface area contributed by atoms with E-state index in [0.717, 1.165) is 17.6 Å². The number of nitrogens with zero attached hydrogens (tertiary/aromatic N) is 2. The number of benzene rings is 2. The number of anilines is 2. The minimum absolute atomic E-state index is 0.217. The molecule has 1 aliphatic rings. The summed E-state index contributed by atoms with van der Waals surface area (Å²) in [6.07, 6.45) is 2.54. The van der Waals surface area contributed by atoms with Gasteiger partial charge >= 0.3 is 6.09 Å². The normalized spacial score (nSPS) is 13.9. The SMILES string of the molecule is C/C=C(\CC)c1ccc(NC(=O)c2ccc(N3CCN(C(=O)OC(C)(C)C)CC3)c(F)c2)cc1OC.CC. The molecule has 2 aromatic rings. The Morgan fingerprint density at radius 1 is 1.05 bits per heavy atom. The van der Waals surface area contributed by atoms with Crippen LogP contribution >= 0.6 is 0 Å². The number of carbonyl (C=O) groups is 2. The number of hydrogen-bond acceptors (Lipinski definition) is 5. The predicted molar refractivity (Wildman–Crippen MR) is 153 cm³/mol. The van der Waals surface area contributed by atoms with Crippen LogP contribution < -0.4 is 15.0 Å². The first-order valence-electron chi connectivity index (χ1n) is 13.2. The maximum absolute atomic E-state index is 15.0. The number of rotatable bonds is 6. The molecule has 0 aliphatic carbocycles. The molecule has 1 saturated heterocycles. The lowest BCUT2D eigenvalue weighted by Gasteiger charge is -2.36. The van der Waals surface area contributed by atoms with Gasteiger partial charge in [-0.1, -0.05) is 26.8 Å². The second-order valence-corrected chi connectivity index (χ2v) is 9.66. The van der Waals surface area contributed by atoms with Gasteiger partial charge in [0.05, 0.1) is 12.8 Å². The van der Waals surface area contributed by atoms with Crippen molar-refractivity contribution in [2.24, 2.45) is 0 Å². The lowest BCUT2D eigenvalue weighted by molar-refractivity contribution is 0.0240. The highest BCUT2D eigenvalue weighted by molar-refractivity contribution is 6.04. The summed E-state index contributed by atoms with van der Waals surface area (Å²) in [5.74, 6) is -0.233. The number of amides is 2. The van der Waals surface area contributed by atoms with Gasteiger partial charge in [0.15, 0.2) is 0 Å². The van der Waals surface area contributed by atoms with Crippen molar-refractivity contribution in [2.75, 3.05) is 43.5 Å². The molecule has 1 aliphatic heterocycles. The highest BCUT2D eigenvalue weighted by Gasteiger charge is 2.27. The number of allylic oxidation sites excluding steroid dienone is 2. The summed E-state index contributed by atoms with van der Waals surface area (Å²) in [4.78, 5) is 28.6. The van der Waals surface area contributed by atoms with Crippen molar-refractivity contribution in [1.82, 2.24) is 4.90 Å². The largest absolute Gasteiger partial charge is 0.496 e. The number of hydrogen-bond donors (Lipinski definition) is 1. The molecule has 0 unspecified atom stereocenters. The summed E-state index contributed by atoms with van der Waals surface area (Å²) in [6.45, 7) is 15.3. The van der Waals surface area contributed by atoms with Crippen molar-refractivity contribution in [3.05, 3.63) is 59.4 Å². The van der Waals surface area contributed by atoms with Gasteiger partial charge in [0.25, 0.3) is 5.91 Å². The minimum atomic E-state index is -0.561. The van der Waals surface area contributed by atoms with Gasteiger partial charge in [-0.25, -0.2) is 9.18 Å². The van der Waals surface area contributed by atoms with Crippen LogP contribution in [0.3, 0.4) is 0 Å². The maximum atomic E-state index is 15.0. The molecule has 2 aromatic carbocycles. The van der Waals surface area contributed by atoms with Crippen molar-refractivity contribution >= 4 is 28.9 Å². The monoisotopic (exact) mass is 527 g/mol. The van der Waals surface area contributed by atoms with Crippen molar-refractivity contribution in [3.63, 3.8) is 0 Å². The summed E-state index contributed by atoms with van der Waals surface area (Å²) in [5.41, 5.74) is 2.75. The van der Waals surface area contributed by atoms with Crippen molar-refractivity contribution in [1.29, 1.82) is 0 Å². The molecule has 0 bridgehead atoms. The Balaban J connectivity index is 0.00000247. The number of nitrogens with one attached hydrogen (secondary N) is 1. The maximum Gasteiger partial charge on any atom is 0.410 e. The Morgan fingerprint density at radius 2 is 1.71 bits per heavy atom. The van der Waals surface area contributed by atoms with E-state index in [2.05, 4.69) is 12.2 Å². The Bertz CT molecular complexity index is 1130. The molecule has 0 saturated carbocycles. The fraction of sp³-hybridized carbons (Fsp3) is 0.467. The van der Waals surface area contributed by atoms with Crippen LogP contribution in [0.25, 0.3) is 5.57 Å². The molecule has 7 nitrogen and oxygen atoms in total. The number of halogens is 1. The number of piperazine rings is 1. The Morgan fingerprint density at radius 3 is 2.24 bits per heavy atom. The number of ether oxygens (including phenoxy) is 2. The van der Waals surface area contributed by atoms with Gasteiger partial charge in [-0.15, -0.1) is 0 Å². The van der Waals surface area contributed by atoms with Crippen molar-refractivity contribution in [3.8, 4) is 5.75 Å². The fourth-order valence-corrected chi connectivity index (χ4v) is 4.15. The van der Waals surface area contributed by atoms with Gasteiger partial charge in [0.1, 0.15) is 17.2 Å². The summed E-state index contributed by atoms with van der Waals surface area (Å²) in [6, 6.07) is 9.94. The van der Waals surface area contributed by atoms with E-state index in [0.29, 0.717) is 43.3 Å². The average Bonchev–Trinajstić information content (AvgIpc) is 2.90. The molecule has 3 rings (SSSR count). The van der Waals surface area contributed by atoms with E-state index in [9.17, 15) is 14.0 Å². The van der Waals surface area contributed by atoms with Gasteiger partial charge in [-0.05, 0) is 70.0 Å². The van der Waals surface area contributed by atoms with Crippen LogP contribution in [0.2, 0.25) is 0 Å². The van der Waals surface area contributed by atoms with Crippen LogP contribution in [0.1, 0.15) is 70.8 Å². The van der Waals surface area contributed by atoms with Gasteiger partial charge in [0.2, 0.25) is 0 Å². The van der Waals surface area contributed by atoms with Gasteiger partial charge in [0, 0.05) is 49.1 Å². The zero-order valence-corrected chi connectivity index (χ0v) is 24.0. The van der Waals surface area contributed by atoms with E-state index in [1.54, 1.807) is 30.2 Å². The third kappa shape index (κ3) is 7.97. The summed E-state index contributed by atoms with van der Waals surface area (Å²) in [7, 11) is 1.59. The Kier molecular flexibility index (Phi) is 11.2. The predicted octanol–water partition coefficient (Wildman–Crippen LogP) is 6.98. The third-order valence-corrected chi connectivity index (χ3v) is 6.02. The lowest BCUT2D eigenvalue weighted by atomic mass is 10.0. The smallest absolute Gasteiger partial charge is 0.410 e. The van der Waals surface area contributed by atoms with Crippen LogP contribution in [0.15, 0.2) is 42.5 Å². The topological polar surface area (TPSA) is 71.1 Å². The fourth-order valence-electron chi connectivity index (χ4n) is 4.15. The lowest BCUT2D eigenvalue weighted by Crippen LogP contribution is -2.50. The van der Waals surface area contributed by atoms with Crippen LogP contribution in [0.5, 0.6) is 5.75 Å². The molecule has 1 fully saturated rings. The standard InChI is InChI=1S/C28H36FN3O4.C2H6/c1-7-19(8-2)22-11-10-21(18-25(22)35-6)30-26(33)20-9-12-24(23(29)17-20)31-13-15-32(16-14-31)27(34)36-28(3,4)5;1-2/h7,9-12,17-18H,8,13-16H2,1-6H3,(H,30,33);1-2H3/b19-7+;. The number of methoxy groups -OCH3 is 1. The molecule has 38 heavy (non-hydrogen) atoms. The highest BCUT2D eigenvalue weighted by Crippen LogP contribution is 2.31. The first-order chi connectivity index (χ1) is 18.1. The molecule has 0 aromatic heterocycles. The van der Waals surface area contributed by atoms with Gasteiger partial charge in [-0.2, -0.15) is 0 Å². The van der Waals surface area contributed by atoms with E-state index >= 15 is 0 Å². The minimum Gasteiger partial charge on any atom is -0.496 e. The van der Waals surface area contributed by atoms with Crippen LogP contribution in [0, 0.1) is 5.82 Å². The van der Waals surface area contributed by atoms with E-state index in [1.165, 1.54) is 6.07 Å². The zero-order valence-electron chi connectivity index (χ0n) is 24.0. The Labute approximate surface area is 226 Å². The second-order valence-electron chi connectivity index (χ2n) is 9.66. The number of carbonyl (C=O) groups excluding carboxylic acids is 2. The summed E-state index contributed by atoms with van der Waals surface area (Å²) in [5, 5.41) is 2.82. The molecule has 208 valence electrons. The highest BCUT2D eigenvalue weighted by atomic mass is 19.1. The molecule has 0 spiro atoms. The van der Waals surface area contributed by atoms with E-state index in [-0.39, 0.29) is 11.7 Å². The molecule has 8 heteroatoms. The van der Waals surface area contributed by atoms with Crippen molar-refractivity contribution < 1.29 is 23.5 Å². The molecule has 1 heterocycles. The first-order valence-corrected chi connectivity index (χ1v) is 13.2. The molecular weight excluding hydrogens is 485 g/mol.